The third-order valence-electron chi connectivity index (χ3n) is 2.75. The molecule has 0 saturated heterocycles. The minimum absolute atomic E-state index is 0.0282. The molecule has 0 aromatic carbocycles. The molecule has 0 radical (unpaired) electrons. The molecule has 0 aromatic rings. The first-order valence-electron chi connectivity index (χ1n) is 5.40. The summed E-state index contributed by atoms with van der Waals surface area (Å²) in [5.74, 6) is -0.114. The van der Waals surface area contributed by atoms with E-state index in [1.54, 1.807) is 6.08 Å². The highest BCUT2D eigenvalue weighted by Crippen LogP contribution is 2.25. The van der Waals surface area contributed by atoms with E-state index in [1.807, 2.05) is 18.2 Å². The van der Waals surface area contributed by atoms with Crippen molar-refractivity contribution in [3.63, 3.8) is 0 Å². The number of hydrogen-bond donors (Lipinski definition) is 1. The van der Waals surface area contributed by atoms with E-state index in [0.717, 1.165) is 31.4 Å². The molecule has 0 aromatic heterocycles. The minimum Gasteiger partial charge on any atom is -0.399 e. The summed E-state index contributed by atoms with van der Waals surface area (Å²) in [5.41, 5.74) is 6.35. The zero-order valence-corrected chi connectivity index (χ0v) is 8.66. The Labute approximate surface area is 89.3 Å². The molecule has 15 heavy (non-hydrogen) atoms. The predicted molar refractivity (Wildman–Crippen MR) is 57.7 cm³/mol. The second-order valence-corrected chi connectivity index (χ2v) is 3.98. The van der Waals surface area contributed by atoms with Crippen LogP contribution >= 0.6 is 0 Å². The van der Waals surface area contributed by atoms with Gasteiger partial charge in [0.2, 0.25) is 0 Å². The van der Waals surface area contributed by atoms with Crippen molar-refractivity contribution < 1.29 is 9.13 Å². The fourth-order valence-corrected chi connectivity index (χ4v) is 1.87. The van der Waals surface area contributed by atoms with Crippen molar-refractivity contribution in [3.05, 3.63) is 35.8 Å². The Bertz CT molecular complexity index is 320. The summed E-state index contributed by atoms with van der Waals surface area (Å²) in [5, 5.41) is 0. The van der Waals surface area contributed by atoms with E-state index in [-0.39, 0.29) is 18.0 Å². The Hall–Kier alpha value is -1.09. The fourth-order valence-electron chi connectivity index (χ4n) is 1.87. The molecule has 2 atom stereocenters. The lowest BCUT2D eigenvalue weighted by molar-refractivity contribution is 0.0145. The zero-order valence-electron chi connectivity index (χ0n) is 8.66. The third-order valence-corrected chi connectivity index (χ3v) is 2.75. The van der Waals surface area contributed by atoms with Crippen LogP contribution in [0.4, 0.5) is 4.39 Å². The molecule has 2 nitrogen and oxygen atoms in total. The van der Waals surface area contributed by atoms with Crippen molar-refractivity contribution in [2.75, 3.05) is 0 Å². The molecule has 2 aliphatic carbocycles. The molecule has 0 bridgehead atoms. The van der Waals surface area contributed by atoms with Crippen LogP contribution in [0.2, 0.25) is 0 Å². The minimum atomic E-state index is -0.346. The first kappa shape index (κ1) is 10.4. The summed E-state index contributed by atoms with van der Waals surface area (Å²) in [6.07, 6.45) is 10.3. The van der Waals surface area contributed by atoms with Crippen molar-refractivity contribution in [1.82, 2.24) is 0 Å². The largest absolute Gasteiger partial charge is 0.399 e. The van der Waals surface area contributed by atoms with Gasteiger partial charge < -0.3 is 10.5 Å². The van der Waals surface area contributed by atoms with Gasteiger partial charge in [-0.25, -0.2) is 4.39 Å². The van der Waals surface area contributed by atoms with Crippen molar-refractivity contribution in [1.29, 1.82) is 0 Å². The van der Waals surface area contributed by atoms with Gasteiger partial charge in [-0.3, -0.25) is 0 Å². The Morgan fingerprint density at radius 1 is 1.40 bits per heavy atom. The topological polar surface area (TPSA) is 35.2 Å². The van der Waals surface area contributed by atoms with Crippen molar-refractivity contribution in [3.8, 4) is 0 Å². The first-order chi connectivity index (χ1) is 7.25. The molecule has 82 valence electrons. The van der Waals surface area contributed by atoms with Gasteiger partial charge in [-0.15, -0.1) is 0 Å². The summed E-state index contributed by atoms with van der Waals surface area (Å²) in [7, 11) is 0. The second kappa shape index (κ2) is 4.62. The number of ether oxygens (including phenoxy) is 1. The van der Waals surface area contributed by atoms with Crippen LogP contribution in [0.3, 0.4) is 0 Å². The smallest absolute Gasteiger partial charge is 0.125 e. The van der Waals surface area contributed by atoms with Gasteiger partial charge in [-0.05, 0) is 31.8 Å². The van der Waals surface area contributed by atoms with Gasteiger partial charge in [-0.1, -0.05) is 18.2 Å². The number of rotatable bonds is 2. The van der Waals surface area contributed by atoms with Crippen LogP contribution in [0.1, 0.15) is 25.7 Å². The van der Waals surface area contributed by atoms with Crippen LogP contribution in [0.25, 0.3) is 0 Å². The first-order valence-corrected chi connectivity index (χ1v) is 5.40. The molecular formula is C12H16FNO. The van der Waals surface area contributed by atoms with Crippen molar-refractivity contribution >= 4 is 0 Å². The standard InChI is InChI=1S/C12H16FNO/c13-11-3-1-2-4-12(11)15-10-7-5-9(14)6-8-10/h3,5-7,10,12H,1-2,4,8,14H2. The van der Waals surface area contributed by atoms with Crippen LogP contribution in [0.5, 0.6) is 0 Å². The summed E-state index contributed by atoms with van der Waals surface area (Å²) in [6, 6.07) is 0. The number of halogens is 1. The van der Waals surface area contributed by atoms with E-state index < -0.39 is 0 Å². The number of hydrogen-bond acceptors (Lipinski definition) is 2. The Kier molecular flexibility index (Phi) is 3.21. The van der Waals surface area contributed by atoms with Gasteiger partial charge in [0.05, 0.1) is 6.10 Å². The normalized spacial score (nSPS) is 31.0. The molecule has 0 aliphatic heterocycles. The summed E-state index contributed by atoms with van der Waals surface area (Å²) in [4.78, 5) is 0. The number of allylic oxidation sites excluding steroid dienone is 2. The summed E-state index contributed by atoms with van der Waals surface area (Å²) in [6.45, 7) is 0. The maximum Gasteiger partial charge on any atom is 0.125 e. The van der Waals surface area contributed by atoms with Gasteiger partial charge in [0.15, 0.2) is 0 Å². The Morgan fingerprint density at radius 2 is 2.27 bits per heavy atom. The highest BCUT2D eigenvalue weighted by atomic mass is 19.1. The predicted octanol–water partition coefficient (Wildman–Crippen LogP) is 2.58. The van der Waals surface area contributed by atoms with E-state index in [4.69, 9.17) is 10.5 Å². The highest BCUT2D eigenvalue weighted by molar-refractivity contribution is 5.21. The van der Waals surface area contributed by atoms with Crippen molar-refractivity contribution in [2.24, 2.45) is 5.73 Å². The average molecular weight is 209 g/mol. The van der Waals surface area contributed by atoms with Crippen LogP contribution in [0.15, 0.2) is 35.8 Å². The van der Waals surface area contributed by atoms with Gasteiger partial charge >= 0.3 is 0 Å². The molecule has 0 fully saturated rings. The second-order valence-electron chi connectivity index (χ2n) is 3.98. The zero-order chi connectivity index (χ0) is 10.7. The van der Waals surface area contributed by atoms with E-state index in [0.29, 0.717) is 0 Å². The van der Waals surface area contributed by atoms with Gasteiger partial charge in [-0.2, -0.15) is 0 Å². The maximum absolute atomic E-state index is 13.4. The van der Waals surface area contributed by atoms with E-state index in [1.165, 1.54) is 0 Å². The van der Waals surface area contributed by atoms with Gasteiger partial charge in [0, 0.05) is 5.70 Å². The maximum atomic E-state index is 13.4. The Morgan fingerprint density at radius 3 is 2.93 bits per heavy atom. The monoisotopic (exact) mass is 209 g/mol. The average Bonchev–Trinajstić information content (AvgIpc) is 2.25. The van der Waals surface area contributed by atoms with Gasteiger partial charge in [0.25, 0.3) is 0 Å². The molecule has 3 heteroatoms. The van der Waals surface area contributed by atoms with Crippen LogP contribution < -0.4 is 5.73 Å². The molecule has 0 amide bonds. The van der Waals surface area contributed by atoms with E-state index in [9.17, 15) is 4.39 Å². The van der Waals surface area contributed by atoms with Crippen LogP contribution in [-0.4, -0.2) is 12.2 Å². The van der Waals surface area contributed by atoms with E-state index >= 15 is 0 Å². The lowest BCUT2D eigenvalue weighted by Crippen LogP contribution is -2.24. The summed E-state index contributed by atoms with van der Waals surface area (Å²) >= 11 is 0. The lowest BCUT2D eigenvalue weighted by atomic mass is 10.0. The van der Waals surface area contributed by atoms with E-state index in [2.05, 4.69) is 0 Å². The highest BCUT2D eigenvalue weighted by Gasteiger charge is 2.21. The molecule has 2 aliphatic rings. The fraction of sp³-hybridized carbons (Fsp3) is 0.500. The molecule has 2 N–H and O–H groups in total. The molecule has 0 saturated carbocycles. The third kappa shape index (κ3) is 2.69. The van der Waals surface area contributed by atoms with Crippen LogP contribution in [0, 0.1) is 0 Å². The molecule has 2 unspecified atom stereocenters. The number of nitrogens with two attached hydrogens (primary N) is 1. The molecule has 0 heterocycles. The molecular weight excluding hydrogens is 193 g/mol. The Balaban J connectivity index is 1.90. The molecule has 0 spiro atoms. The quantitative estimate of drug-likeness (QED) is 0.758. The lowest BCUT2D eigenvalue weighted by Gasteiger charge is -2.24. The van der Waals surface area contributed by atoms with Crippen LogP contribution in [-0.2, 0) is 4.74 Å². The van der Waals surface area contributed by atoms with Crippen molar-refractivity contribution in [2.45, 2.75) is 37.9 Å². The SMILES string of the molecule is NC1=CCC(OC2CCCC=C2F)C=C1. The molecule has 2 rings (SSSR count). The summed E-state index contributed by atoms with van der Waals surface area (Å²) < 4.78 is 19.0. The van der Waals surface area contributed by atoms with Gasteiger partial charge in [0.1, 0.15) is 11.9 Å².